The van der Waals surface area contributed by atoms with Crippen LogP contribution in [0, 0.1) is 0 Å². The van der Waals surface area contributed by atoms with Crippen LogP contribution in [-0.4, -0.2) is 26.5 Å². The highest BCUT2D eigenvalue weighted by molar-refractivity contribution is 5.93. The zero-order chi connectivity index (χ0) is 23.6. The summed E-state index contributed by atoms with van der Waals surface area (Å²) in [6.07, 6.45) is 8.37. The highest BCUT2D eigenvalue weighted by atomic mass is 16.5. The van der Waals surface area contributed by atoms with Crippen LogP contribution in [0.25, 0.3) is 45.9 Å². The van der Waals surface area contributed by atoms with Gasteiger partial charge in [0.05, 0.1) is 29.4 Å². The smallest absolute Gasteiger partial charge is 0.119 e. The van der Waals surface area contributed by atoms with Gasteiger partial charge in [-0.2, -0.15) is 0 Å². The lowest BCUT2D eigenvalue weighted by molar-refractivity contribution is 0.309. The van der Waals surface area contributed by atoms with Crippen molar-refractivity contribution in [2.45, 2.75) is 19.8 Å². The number of hydrogen-bond donors (Lipinski definition) is 2. The molecule has 2 aliphatic heterocycles. The van der Waals surface area contributed by atoms with E-state index in [9.17, 15) is 0 Å². The van der Waals surface area contributed by atoms with Crippen LogP contribution in [0.5, 0.6) is 5.75 Å². The topological polar surface area (TPSA) is 66.6 Å². The van der Waals surface area contributed by atoms with E-state index in [-0.39, 0.29) is 0 Å². The molecule has 1 aromatic carbocycles. The molecule has 0 amide bonds. The first-order valence-electron chi connectivity index (χ1n) is 12.0. The molecule has 0 saturated carbocycles. The molecule has 35 heavy (non-hydrogen) atoms. The minimum absolute atomic E-state index is 0.743. The van der Waals surface area contributed by atoms with Gasteiger partial charge >= 0.3 is 0 Å². The van der Waals surface area contributed by atoms with Crippen LogP contribution in [-0.2, 0) is 0 Å². The molecule has 8 bridgehead atoms. The molecule has 0 radical (unpaired) electrons. The average Bonchev–Trinajstić information content (AvgIpc) is 3.65. The summed E-state index contributed by atoms with van der Waals surface area (Å²) in [7, 11) is 0. The Bertz CT molecular complexity index is 1600. The molecule has 3 aromatic heterocycles. The maximum atomic E-state index is 5.85. The normalized spacial score (nSPS) is 12.5. The first kappa shape index (κ1) is 21.2. The first-order valence-corrected chi connectivity index (χ1v) is 12.0. The molecule has 172 valence electrons. The summed E-state index contributed by atoms with van der Waals surface area (Å²) in [5, 5.41) is 0. The summed E-state index contributed by atoms with van der Waals surface area (Å²) < 4.78 is 5.85. The van der Waals surface area contributed by atoms with Crippen LogP contribution in [0.1, 0.15) is 48.1 Å². The van der Waals surface area contributed by atoms with Crippen molar-refractivity contribution in [1.29, 1.82) is 0 Å². The zero-order valence-corrected chi connectivity index (χ0v) is 19.6. The fourth-order valence-corrected chi connectivity index (χ4v) is 4.31. The van der Waals surface area contributed by atoms with Crippen LogP contribution in [0.3, 0.4) is 0 Å². The van der Waals surface area contributed by atoms with E-state index in [1.807, 2.05) is 24.3 Å². The van der Waals surface area contributed by atoms with Crippen molar-refractivity contribution in [2.24, 2.45) is 0 Å². The summed E-state index contributed by atoms with van der Waals surface area (Å²) in [5.74, 6) is 0.893. The van der Waals surface area contributed by atoms with Crippen molar-refractivity contribution < 1.29 is 4.74 Å². The number of benzene rings is 1. The third-order valence-corrected chi connectivity index (χ3v) is 6.10. The summed E-state index contributed by atoms with van der Waals surface area (Å²) in [6.45, 7) is 2.91. The average molecular weight is 459 g/mol. The Hall–Kier alpha value is -4.38. The third kappa shape index (κ3) is 4.66. The molecule has 0 saturated heterocycles. The van der Waals surface area contributed by atoms with Crippen molar-refractivity contribution in [3.63, 3.8) is 0 Å². The third-order valence-electron chi connectivity index (χ3n) is 6.10. The minimum Gasteiger partial charge on any atom is -0.494 e. The van der Waals surface area contributed by atoms with Crippen molar-refractivity contribution in [1.82, 2.24) is 19.9 Å². The maximum absolute atomic E-state index is 5.85. The van der Waals surface area contributed by atoms with E-state index in [4.69, 9.17) is 14.7 Å². The molecule has 0 atom stereocenters. The Balaban J connectivity index is 1.48. The lowest BCUT2D eigenvalue weighted by Crippen LogP contribution is -1.96. The van der Waals surface area contributed by atoms with Crippen molar-refractivity contribution in [3.05, 3.63) is 101 Å². The molecule has 2 aliphatic rings. The lowest BCUT2D eigenvalue weighted by atomic mass is 10.0. The van der Waals surface area contributed by atoms with Crippen LogP contribution >= 0.6 is 0 Å². The highest BCUT2D eigenvalue weighted by Gasteiger charge is 2.14. The Labute approximate surface area is 203 Å². The van der Waals surface area contributed by atoms with Gasteiger partial charge in [0.1, 0.15) is 5.75 Å². The molecule has 4 aromatic rings. The fourth-order valence-electron chi connectivity index (χ4n) is 4.31. The molecule has 0 aliphatic carbocycles. The molecule has 6 rings (SSSR count). The monoisotopic (exact) mass is 458 g/mol. The van der Waals surface area contributed by atoms with Crippen LogP contribution in [0.15, 0.2) is 72.8 Å². The molecule has 0 fully saturated rings. The van der Waals surface area contributed by atoms with Crippen LogP contribution in [0.4, 0.5) is 0 Å². The second kappa shape index (κ2) is 9.11. The van der Waals surface area contributed by atoms with Gasteiger partial charge in [-0.25, -0.2) is 9.97 Å². The van der Waals surface area contributed by atoms with E-state index in [1.165, 1.54) is 0 Å². The molecule has 5 heteroatoms. The van der Waals surface area contributed by atoms with Gasteiger partial charge in [0.2, 0.25) is 0 Å². The first-order chi connectivity index (χ1) is 17.2. The van der Waals surface area contributed by atoms with Gasteiger partial charge in [-0.15, -0.1) is 0 Å². The standard InChI is InChI=1S/C30H26N4O/c1-2-3-14-35-28-12-4-20(5-13-28)29-18-27-17-25-9-8-23(32-25)15-21-6-7-22(31-21)16-24-10-11-26(33-24)19-30(29)34-27/h4-13,15-19,31-32H,2-3,14H2,1H3. The van der Waals surface area contributed by atoms with Gasteiger partial charge in [0.25, 0.3) is 0 Å². The number of fused-ring (bicyclic) bond motifs is 8. The van der Waals surface area contributed by atoms with E-state index < -0.39 is 0 Å². The van der Waals surface area contributed by atoms with Gasteiger partial charge in [0.15, 0.2) is 0 Å². The van der Waals surface area contributed by atoms with Crippen molar-refractivity contribution in [3.8, 4) is 5.75 Å². The Kier molecular flexibility index (Phi) is 5.51. The van der Waals surface area contributed by atoms with Gasteiger partial charge in [-0.05, 0) is 90.9 Å². The van der Waals surface area contributed by atoms with Gasteiger partial charge in [0, 0.05) is 27.6 Å². The number of nitrogens with zero attached hydrogens (tertiary/aromatic N) is 2. The van der Waals surface area contributed by atoms with E-state index in [0.717, 1.165) is 81.2 Å². The predicted molar refractivity (Wildman–Crippen MR) is 144 cm³/mol. The summed E-state index contributed by atoms with van der Waals surface area (Å²) >= 11 is 0. The van der Waals surface area contributed by atoms with E-state index >= 15 is 0 Å². The molecule has 5 nitrogen and oxygen atoms in total. The second-order valence-electron chi connectivity index (χ2n) is 8.82. The van der Waals surface area contributed by atoms with Gasteiger partial charge in [-0.1, -0.05) is 25.5 Å². The Morgan fingerprint density at radius 3 is 2.00 bits per heavy atom. The molecular weight excluding hydrogens is 432 g/mol. The number of nitrogens with one attached hydrogen (secondary N) is 2. The number of H-pyrrole nitrogens is 2. The molecule has 0 spiro atoms. The van der Waals surface area contributed by atoms with Gasteiger partial charge < -0.3 is 14.7 Å². The molecular formula is C30H26N4O. The number of ether oxygens (including phenoxy) is 1. The summed E-state index contributed by atoms with van der Waals surface area (Å²) in [6, 6.07) is 24.8. The van der Waals surface area contributed by atoms with Crippen molar-refractivity contribution in [2.75, 3.05) is 6.61 Å². The lowest BCUT2D eigenvalue weighted by Gasteiger charge is -2.07. The van der Waals surface area contributed by atoms with E-state index in [2.05, 4.69) is 83.6 Å². The largest absolute Gasteiger partial charge is 0.494 e. The number of hydrogen-bond acceptors (Lipinski definition) is 3. The van der Waals surface area contributed by atoms with Crippen LogP contribution in [0.2, 0.25) is 0 Å². The van der Waals surface area contributed by atoms with Crippen molar-refractivity contribution >= 4 is 45.9 Å². The number of unbranched alkanes of at least 4 members (excludes halogenated alkanes) is 1. The van der Waals surface area contributed by atoms with E-state index in [0.29, 0.717) is 0 Å². The summed E-state index contributed by atoms with van der Waals surface area (Å²) in [4.78, 5) is 16.6. The maximum Gasteiger partial charge on any atom is 0.119 e. The highest BCUT2D eigenvalue weighted by Crippen LogP contribution is 2.30. The van der Waals surface area contributed by atoms with Crippen LogP contribution < -0.4 is 4.74 Å². The minimum atomic E-state index is 0.743. The number of aromatic nitrogens is 4. The SMILES string of the molecule is CCCCOc1ccc(C2=Cc3cc4ccc(cc5ccc(cc6nc(cc2n3)C=C6)[nH]5)[nH]4)cc1. The van der Waals surface area contributed by atoms with E-state index in [1.54, 1.807) is 0 Å². The zero-order valence-electron chi connectivity index (χ0n) is 19.6. The second-order valence-corrected chi connectivity index (χ2v) is 8.82. The summed E-state index contributed by atoms with van der Waals surface area (Å²) in [5.41, 5.74) is 9.84. The number of rotatable bonds is 5. The Morgan fingerprint density at radius 1 is 0.686 bits per heavy atom. The molecule has 5 heterocycles. The Morgan fingerprint density at radius 2 is 1.31 bits per heavy atom. The predicted octanol–water partition coefficient (Wildman–Crippen LogP) is 7.25. The fraction of sp³-hybridized carbons (Fsp3) is 0.133. The molecule has 0 unspecified atom stereocenters. The van der Waals surface area contributed by atoms with Gasteiger partial charge in [-0.3, -0.25) is 0 Å². The molecule has 2 N–H and O–H groups in total. The number of aromatic amines is 2. The quantitative estimate of drug-likeness (QED) is 0.267.